The number of para-hydroxylation sites is 1. The van der Waals surface area contributed by atoms with E-state index in [4.69, 9.17) is 0 Å². The molecular formula is C17H16IN3O4. The van der Waals surface area contributed by atoms with Gasteiger partial charge in [0.15, 0.2) is 0 Å². The van der Waals surface area contributed by atoms with Gasteiger partial charge >= 0.3 is 0 Å². The Bertz CT molecular complexity index is 838. The second-order valence-electron chi connectivity index (χ2n) is 5.41. The monoisotopic (exact) mass is 453 g/mol. The fourth-order valence-corrected chi connectivity index (χ4v) is 2.72. The van der Waals surface area contributed by atoms with Gasteiger partial charge in [-0.1, -0.05) is 18.2 Å². The van der Waals surface area contributed by atoms with E-state index in [2.05, 4.69) is 5.32 Å². The Balaban J connectivity index is 2.28. The van der Waals surface area contributed by atoms with Crippen LogP contribution in [0.15, 0.2) is 42.5 Å². The first-order valence-electron chi connectivity index (χ1n) is 7.34. The molecule has 0 saturated carbocycles. The topological polar surface area (TPSA) is 92.6 Å². The zero-order chi connectivity index (χ0) is 18.6. The number of carbonyl (C=O) groups excluding carboxylic acids is 2. The van der Waals surface area contributed by atoms with E-state index in [0.717, 1.165) is 5.56 Å². The van der Waals surface area contributed by atoms with Crippen molar-refractivity contribution in [2.75, 3.05) is 12.4 Å². The highest BCUT2D eigenvalue weighted by atomic mass is 127. The molecule has 0 aromatic heterocycles. The van der Waals surface area contributed by atoms with E-state index < -0.39 is 10.8 Å². The molecule has 0 heterocycles. The summed E-state index contributed by atoms with van der Waals surface area (Å²) in [6.45, 7) is 1.81. The highest BCUT2D eigenvalue weighted by molar-refractivity contribution is 14.1. The minimum atomic E-state index is -0.539. The molecule has 0 aliphatic heterocycles. The van der Waals surface area contributed by atoms with Crippen molar-refractivity contribution >= 4 is 45.8 Å². The molecule has 0 fully saturated rings. The molecule has 0 bridgehead atoms. The molecule has 0 radical (unpaired) electrons. The number of anilines is 1. The maximum Gasteiger partial charge on any atom is 0.270 e. The number of nitrogens with zero attached hydrogens (tertiary/aromatic N) is 2. The lowest BCUT2D eigenvalue weighted by Gasteiger charge is -2.18. The van der Waals surface area contributed by atoms with E-state index >= 15 is 0 Å². The van der Waals surface area contributed by atoms with Crippen LogP contribution in [0.2, 0.25) is 0 Å². The van der Waals surface area contributed by atoms with Crippen LogP contribution in [0.25, 0.3) is 0 Å². The van der Waals surface area contributed by atoms with Gasteiger partial charge in [0, 0.05) is 41.9 Å². The number of amides is 2. The van der Waals surface area contributed by atoms with Crippen LogP contribution in [-0.4, -0.2) is 28.7 Å². The lowest BCUT2D eigenvalue weighted by molar-refractivity contribution is -0.384. The number of nitro groups is 1. The normalized spacial score (nSPS) is 10.2. The zero-order valence-electron chi connectivity index (χ0n) is 13.7. The smallest absolute Gasteiger partial charge is 0.270 e. The van der Waals surface area contributed by atoms with Gasteiger partial charge in [-0.3, -0.25) is 19.7 Å². The molecule has 25 heavy (non-hydrogen) atoms. The maximum absolute atomic E-state index is 12.6. The predicted molar refractivity (Wildman–Crippen MR) is 102 cm³/mol. The standard InChI is InChI=1S/C17H16IN3O4/c1-11(22)20(2)10-12-5-3-4-6-16(12)19-17(23)14-9-13(21(24)25)7-8-15(14)18/h3-9H,10H2,1-2H3,(H,19,23). The number of benzene rings is 2. The summed E-state index contributed by atoms with van der Waals surface area (Å²) in [5.41, 5.74) is 1.41. The molecule has 2 rings (SSSR count). The summed E-state index contributed by atoms with van der Waals surface area (Å²) in [4.78, 5) is 35.9. The number of rotatable bonds is 5. The third-order valence-electron chi connectivity index (χ3n) is 3.62. The van der Waals surface area contributed by atoms with E-state index in [0.29, 0.717) is 15.8 Å². The zero-order valence-corrected chi connectivity index (χ0v) is 15.8. The van der Waals surface area contributed by atoms with Gasteiger partial charge in [0.05, 0.1) is 10.5 Å². The largest absolute Gasteiger partial charge is 0.342 e. The summed E-state index contributed by atoms with van der Waals surface area (Å²) >= 11 is 1.96. The molecular weight excluding hydrogens is 437 g/mol. The van der Waals surface area contributed by atoms with E-state index in [-0.39, 0.29) is 17.2 Å². The summed E-state index contributed by atoms with van der Waals surface area (Å²) in [6.07, 6.45) is 0. The van der Waals surface area contributed by atoms with Crippen LogP contribution in [-0.2, 0) is 11.3 Å². The number of hydrogen-bond donors (Lipinski definition) is 1. The van der Waals surface area contributed by atoms with Gasteiger partial charge in [-0.15, -0.1) is 0 Å². The van der Waals surface area contributed by atoms with Crippen molar-refractivity contribution in [1.82, 2.24) is 4.90 Å². The molecule has 0 spiro atoms. The minimum absolute atomic E-state index is 0.0886. The van der Waals surface area contributed by atoms with Crippen LogP contribution in [0.4, 0.5) is 11.4 Å². The number of nitrogens with one attached hydrogen (secondary N) is 1. The predicted octanol–water partition coefficient (Wildman–Crippen LogP) is 3.43. The number of nitro benzene ring substituents is 1. The molecule has 2 aromatic rings. The molecule has 2 aromatic carbocycles. The van der Waals surface area contributed by atoms with Gasteiger partial charge in [0.25, 0.3) is 11.6 Å². The highest BCUT2D eigenvalue weighted by Gasteiger charge is 2.17. The summed E-state index contributed by atoms with van der Waals surface area (Å²) in [7, 11) is 1.67. The molecule has 7 nitrogen and oxygen atoms in total. The van der Waals surface area contributed by atoms with Gasteiger partial charge in [-0.2, -0.15) is 0 Å². The molecule has 0 unspecified atom stereocenters. The van der Waals surface area contributed by atoms with Crippen molar-refractivity contribution in [3.05, 3.63) is 67.3 Å². The van der Waals surface area contributed by atoms with Crippen molar-refractivity contribution in [1.29, 1.82) is 0 Å². The quantitative estimate of drug-likeness (QED) is 0.427. The number of hydrogen-bond acceptors (Lipinski definition) is 4. The number of carbonyl (C=O) groups is 2. The molecule has 0 aliphatic rings. The van der Waals surface area contributed by atoms with Gasteiger partial charge in [-0.05, 0) is 40.3 Å². The third kappa shape index (κ3) is 4.75. The van der Waals surface area contributed by atoms with Crippen LogP contribution in [0.3, 0.4) is 0 Å². The third-order valence-corrected chi connectivity index (χ3v) is 4.56. The first kappa shape index (κ1) is 18.8. The molecule has 0 atom stereocenters. The summed E-state index contributed by atoms with van der Waals surface area (Å²) in [6, 6.07) is 11.3. The van der Waals surface area contributed by atoms with E-state index in [1.165, 1.54) is 30.0 Å². The lowest BCUT2D eigenvalue weighted by Crippen LogP contribution is -2.24. The van der Waals surface area contributed by atoms with Crippen molar-refractivity contribution in [3.8, 4) is 0 Å². The van der Waals surface area contributed by atoms with Gasteiger partial charge in [-0.25, -0.2) is 0 Å². The molecule has 1 N–H and O–H groups in total. The van der Waals surface area contributed by atoms with Crippen molar-refractivity contribution in [2.45, 2.75) is 13.5 Å². The van der Waals surface area contributed by atoms with Gasteiger partial charge in [0.2, 0.25) is 5.91 Å². The number of halogens is 1. The molecule has 0 aliphatic carbocycles. The number of non-ortho nitro benzene ring substituents is 1. The second kappa shape index (κ2) is 8.06. The Morgan fingerprint density at radius 3 is 2.56 bits per heavy atom. The van der Waals surface area contributed by atoms with Crippen LogP contribution < -0.4 is 5.32 Å². The summed E-state index contributed by atoms with van der Waals surface area (Å²) in [5.74, 6) is -0.527. The fourth-order valence-electron chi connectivity index (χ4n) is 2.14. The Morgan fingerprint density at radius 2 is 1.92 bits per heavy atom. The molecule has 8 heteroatoms. The van der Waals surface area contributed by atoms with Gasteiger partial charge in [0.1, 0.15) is 0 Å². The Labute approximate surface area is 158 Å². The average molecular weight is 453 g/mol. The van der Waals surface area contributed by atoms with E-state index in [1.54, 1.807) is 19.2 Å². The molecule has 130 valence electrons. The van der Waals surface area contributed by atoms with Crippen molar-refractivity contribution < 1.29 is 14.5 Å². The van der Waals surface area contributed by atoms with E-state index in [9.17, 15) is 19.7 Å². The first-order valence-corrected chi connectivity index (χ1v) is 8.42. The van der Waals surface area contributed by atoms with Crippen molar-refractivity contribution in [3.63, 3.8) is 0 Å². The average Bonchev–Trinajstić information content (AvgIpc) is 2.56. The Hall–Kier alpha value is -2.49. The second-order valence-corrected chi connectivity index (χ2v) is 6.57. The van der Waals surface area contributed by atoms with Crippen LogP contribution in [0, 0.1) is 13.7 Å². The molecule has 2 amide bonds. The van der Waals surface area contributed by atoms with Crippen LogP contribution >= 0.6 is 22.6 Å². The minimum Gasteiger partial charge on any atom is -0.342 e. The Kier molecular flexibility index (Phi) is 6.07. The lowest BCUT2D eigenvalue weighted by atomic mass is 10.1. The van der Waals surface area contributed by atoms with Gasteiger partial charge < -0.3 is 10.2 Å². The van der Waals surface area contributed by atoms with Crippen molar-refractivity contribution in [2.24, 2.45) is 0 Å². The SMILES string of the molecule is CC(=O)N(C)Cc1ccccc1NC(=O)c1cc([N+](=O)[O-])ccc1I. The first-order chi connectivity index (χ1) is 11.8. The van der Waals surface area contributed by atoms with Crippen LogP contribution in [0.1, 0.15) is 22.8 Å². The fraction of sp³-hybridized carbons (Fsp3) is 0.176. The molecule has 0 saturated heterocycles. The van der Waals surface area contributed by atoms with Crippen LogP contribution in [0.5, 0.6) is 0 Å². The summed E-state index contributed by atoms with van der Waals surface area (Å²) in [5, 5.41) is 13.7. The summed E-state index contributed by atoms with van der Waals surface area (Å²) < 4.78 is 0.610. The maximum atomic E-state index is 12.6. The Morgan fingerprint density at radius 1 is 1.24 bits per heavy atom. The highest BCUT2D eigenvalue weighted by Crippen LogP contribution is 2.22. The van der Waals surface area contributed by atoms with E-state index in [1.807, 2.05) is 34.7 Å².